The maximum Gasteiger partial charge on any atom is 0.174 e. The Morgan fingerprint density at radius 2 is 0.456 bits per heavy atom. The van der Waals surface area contributed by atoms with Crippen LogP contribution in [0.4, 0.5) is 0 Å². The van der Waals surface area contributed by atoms with Crippen molar-refractivity contribution >= 4 is 85.6 Å². The smallest absolute Gasteiger partial charge is 0.174 e. The van der Waals surface area contributed by atoms with E-state index in [0.717, 1.165) is 34.5 Å². The van der Waals surface area contributed by atoms with Gasteiger partial charge in [0.05, 0.1) is 70.3 Å². The van der Waals surface area contributed by atoms with Gasteiger partial charge >= 0.3 is 0 Å². The van der Waals surface area contributed by atoms with Crippen molar-refractivity contribution < 1.29 is 28.4 Å². The van der Waals surface area contributed by atoms with E-state index in [9.17, 15) is 0 Å². The van der Waals surface area contributed by atoms with Gasteiger partial charge < -0.3 is 28.4 Å². The van der Waals surface area contributed by atoms with Gasteiger partial charge in [-0.1, -0.05) is 114 Å². The minimum atomic E-state index is -1.19. The third kappa shape index (κ3) is 4.97. The molecule has 0 aliphatic heterocycles. The first-order chi connectivity index (χ1) is 28.1. The topological polar surface area (TPSA) is 55.4 Å². The molecule has 0 fully saturated rings. The Hall–Kier alpha value is -4.98. The first-order valence-corrected chi connectivity index (χ1v) is 24.2. The molecule has 0 amide bonds. The first-order valence-electron chi connectivity index (χ1n) is 20.2. The summed E-state index contributed by atoms with van der Waals surface area (Å²) in [6.07, 6.45) is 0. The second kappa shape index (κ2) is 14.4. The lowest BCUT2D eigenvalue weighted by atomic mass is 9.93. The molecule has 0 saturated heterocycles. The highest BCUT2D eigenvalue weighted by Gasteiger charge is 2.41. The summed E-state index contributed by atoms with van der Waals surface area (Å²) in [5.41, 5.74) is 0. The molecule has 288 valence electrons. The summed E-state index contributed by atoms with van der Waals surface area (Å²) in [6.45, 7) is 15.5. The second-order valence-electron chi connectivity index (χ2n) is 13.9. The summed E-state index contributed by atoms with van der Waals surface area (Å²) < 4.78 is 41.8. The van der Waals surface area contributed by atoms with Gasteiger partial charge in [-0.05, 0) is 57.5 Å². The Kier molecular flexibility index (Phi) is 9.21. The molecule has 0 saturated carbocycles. The zero-order valence-electron chi connectivity index (χ0n) is 33.2. The van der Waals surface area contributed by atoms with Crippen LogP contribution in [0, 0.1) is 0 Å². The van der Waals surface area contributed by atoms with Crippen molar-refractivity contribution in [3.8, 4) is 50.4 Å². The largest absolute Gasteiger partial charge is 0.489 e. The fourth-order valence-corrected chi connectivity index (χ4v) is 17.8. The molecule has 10 rings (SSSR count). The van der Waals surface area contributed by atoms with Crippen molar-refractivity contribution in [3.05, 3.63) is 91.0 Å². The normalized spacial score (nSPS) is 13.1. The number of hydrogen-bond donors (Lipinski definition) is 0. The van der Waals surface area contributed by atoms with Crippen molar-refractivity contribution in [1.82, 2.24) is 0 Å². The van der Waals surface area contributed by atoms with E-state index in [-0.39, 0.29) is 0 Å². The van der Waals surface area contributed by atoms with E-state index >= 15 is 0 Å². The molecule has 7 aromatic carbocycles. The second-order valence-corrected chi connectivity index (χ2v) is 20.2. The van der Waals surface area contributed by atoms with E-state index in [2.05, 4.69) is 133 Å². The van der Waals surface area contributed by atoms with E-state index < -0.39 is 22.6 Å². The van der Waals surface area contributed by atoms with Crippen LogP contribution in [-0.2, 0) is 0 Å². The molecule has 6 nitrogen and oxygen atoms in total. The lowest BCUT2D eigenvalue weighted by Crippen LogP contribution is -2.00. The van der Waals surface area contributed by atoms with Gasteiger partial charge in [0, 0.05) is 32.3 Å². The summed E-state index contributed by atoms with van der Waals surface area (Å²) in [6, 6.07) is 32.8. The number of benzene rings is 7. The van der Waals surface area contributed by atoms with Crippen LogP contribution in [0.15, 0.2) is 91.0 Å². The maximum absolute atomic E-state index is 6.97. The molecule has 0 bridgehead atoms. The summed E-state index contributed by atoms with van der Waals surface area (Å²) >= 11 is 0. The van der Waals surface area contributed by atoms with Crippen LogP contribution in [0.25, 0.3) is 78.9 Å². The molecule has 0 radical (unpaired) electrons. The van der Waals surface area contributed by atoms with Gasteiger partial charge in [0.2, 0.25) is 0 Å². The monoisotopic (exact) mass is 810 g/mol. The van der Waals surface area contributed by atoms with Crippen molar-refractivity contribution in [2.24, 2.45) is 0 Å². The number of rotatable bonds is 15. The maximum atomic E-state index is 6.97. The van der Waals surface area contributed by atoms with Crippen LogP contribution >= 0.6 is 22.6 Å². The summed E-state index contributed by atoms with van der Waals surface area (Å²) in [7, 11) is -3.56. The van der Waals surface area contributed by atoms with Crippen molar-refractivity contribution in [2.45, 2.75) is 41.5 Å². The minimum Gasteiger partial charge on any atom is -0.489 e. The van der Waals surface area contributed by atoms with E-state index in [0.29, 0.717) is 39.6 Å². The molecule has 57 heavy (non-hydrogen) atoms. The molecule has 0 atom stereocenters. The van der Waals surface area contributed by atoms with Crippen molar-refractivity contribution in [2.75, 3.05) is 39.6 Å². The average Bonchev–Trinajstić information content (AvgIpc) is 3.90. The molecule has 0 unspecified atom stereocenters. The molecule has 0 spiro atoms. The Balaban J connectivity index is 1.66. The van der Waals surface area contributed by atoms with Crippen LogP contribution < -0.4 is 28.4 Å². The lowest BCUT2D eigenvalue weighted by Gasteiger charge is -2.18. The van der Waals surface area contributed by atoms with Crippen molar-refractivity contribution in [3.63, 3.8) is 0 Å². The average molecular weight is 811 g/mol. The van der Waals surface area contributed by atoms with Gasteiger partial charge in [0.1, 0.15) is 0 Å². The molecule has 3 aromatic heterocycles. The number of hydrogen-bond acceptors (Lipinski definition) is 6. The van der Waals surface area contributed by atoms with E-state index in [4.69, 9.17) is 28.4 Å². The quantitative estimate of drug-likeness (QED) is 0.0962. The molecule has 10 aromatic rings. The molecule has 3 heterocycles. The third-order valence-electron chi connectivity index (χ3n) is 10.9. The Labute approximate surface area is 335 Å². The zero-order valence-corrected chi connectivity index (χ0v) is 35.9. The van der Waals surface area contributed by atoms with Gasteiger partial charge in [-0.15, -0.1) is 0 Å². The number of ether oxygens (including phenoxy) is 6. The van der Waals surface area contributed by atoms with E-state index in [1.165, 1.54) is 78.9 Å². The third-order valence-corrected chi connectivity index (χ3v) is 18.6. The van der Waals surface area contributed by atoms with Gasteiger partial charge in [-0.2, -0.15) is 0 Å². The lowest BCUT2D eigenvalue weighted by molar-refractivity contribution is 0.294. The highest BCUT2D eigenvalue weighted by molar-refractivity contribution is 7.71. The van der Waals surface area contributed by atoms with Gasteiger partial charge in [-0.25, -0.2) is 0 Å². The SMILES string of the molecule is CCOc1c(OCC)c2c3c4c5c6c7c3c(c(OCC)c(OCC)c7p(-c3ccccc3)c6c(OCC)c(OCC)c5p(-c3ccccc3)c14)p2-c1ccccc1. The molecule has 9 heteroatoms. The van der Waals surface area contributed by atoms with Crippen LogP contribution in [0.2, 0.25) is 0 Å². The molecule has 0 N–H and O–H groups in total. The predicted octanol–water partition coefficient (Wildman–Crippen LogP) is 15.2. The van der Waals surface area contributed by atoms with Gasteiger partial charge in [0.15, 0.2) is 34.5 Å². The van der Waals surface area contributed by atoms with Gasteiger partial charge in [-0.3, -0.25) is 0 Å². The zero-order chi connectivity index (χ0) is 38.9. The van der Waals surface area contributed by atoms with Crippen LogP contribution in [0.3, 0.4) is 0 Å². The first kappa shape index (κ1) is 36.4. The molecule has 0 aliphatic rings. The highest BCUT2D eigenvalue weighted by Crippen LogP contribution is 2.78. The molecule has 0 aliphatic carbocycles. The Morgan fingerprint density at radius 1 is 0.281 bits per heavy atom. The van der Waals surface area contributed by atoms with Crippen molar-refractivity contribution in [1.29, 1.82) is 0 Å². The van der Waals surface area contributed by atoms with E-state index in [1.807, 2.05) is 0 Å². The van der Waals surface area contributed by atoms with Gasteiger partial charge in [0.25, 0.3) is 0 Å². The fraction of sp³-hybridized carbons (Fsp3) is 0.250. The fourth-order valence-electron chi connectivity index (χ4n) is 9.29. The van der Waals surface area contributed by atoms with Crippen LogP contribution in [0.1, 0.15) is 41.5 Å². The Bertz CT molecular complexity index is 2520. The predicted molar refractivity (Wildman–Crippen MR) is 244 cm³/mol. The molecular weight excluding hydrogens is 765 g/mol. The standard InChI is InChI=1S/C48H45O6P3/c1-7-49-37-38(50-8-2)44-32-31-33-35-36-34(32)46(56(44)29-24-18-14-19-25-29)41(53-11-5)42(54-12-6)48(36)57(30-26-20-15-21-27-30)47(35)40(52-10-4)39(51-9-3)45(33)55(43(31)37)28-22-16-13-17-23-28/h13-27H,7-12H2,1-6H3. The summed E-state index contributed by atoms with van der Waals surface area (Å²) in [5, 5.41) is 18.5. The minimum absolute atomic E-state index is 0.504. The van der Waals surface area contributed by atoms with Crippen LogP contribution in [-0.4, -0.2) is 39.6 Å². The van der Waals surface area contributed by atoms with E-state index in [1.54, 1.807) is 0 Å². The Morgan fingerprint density at radius 3 is 0.614 bits per heavy atom. The summed E-state index contributed by atoms with van der Waals surface area (Å²) in [5.74, 6) is 5.08. The summed E-state index contributed by atoms with van der Waals surface area (Å²) in [4.78, 5) is 0. The molecular formula is C48H45O6P3. The van der Waals surface area contributed by atoms with Crippen LogP contribution in [0.5, 0.6) is 34.5 Å². The highest BCUT2D eigenvalue weighted by atomic mass is 31.1.